The second-order valence-electron chi connectivity index (χ2n) is 5.49. The van der Waals surface area contributed by atoms with Crippen molar-refractivity contribution in [2.45, 2.75) is 33.8 Å². The van der Waals surface area contributed by atoms with E-state index < -0.39 is 0 Å². The molecule has 2 aromatic rings. The lowest BCUT2D eigenvalue weighted by Gasteiger charge is -2.10. The number of thiophene rings is 1. The summed E-state index contributed by atoms with van der Waals surface area (Å²) in [5.74, 6) is 0.122. The molecule has 0 unspecified atom stereocenters. The number of carbonyl (C=O) groups is 2. The third kappa shape index (κ3) is 4.58. The molecule has 0 aliphatic carbocycles. The van der Waals surface area contributed by atoms with Gasteiger partial charge in [0.1, 0.15) is 10.6 Å². The smallest absolute Gasteiger partial charge is 0.348 e. The molecule has 1 aromatic carbocycles. The Morgan fingerprint density at radius 3 is 2.46 bits per heavy atom. The van der Waals surface area contributed by atoms with Gasteiger partial charge in [0.25, 0.3) is 5.91 Å². The fourth-order valence-corrected chi connectivity index (χ4v) is 3.05. The first-order chi connectivity index (χ1) is 11.4. The van der Waals surface area contributed by atoms with E-state index in [-0.39, 0.29) is 18.0 Å². The molecule has 0 saturated heterocycles. The highest BCUT2D eigenvalue weighted by Crippen LogP contribution is 2.28. The molecular formula is C18H21NO4S. The van der Waals surface area contributed by atoms with Gasteiger partial charge in [-0.2, -0.15) is 0 Å². The normalized spacial score (nSPS) is 10.5. The number of anilines is 1. The molecule has 0 aliphatic heterocycles. The van der Waals surface area contributed by atoms with Crippen molar-refractivity contribution in [2.24, 2.45) is 0 Å². The third-order valence-corrected chi connectivity index (χ3v) is 4.24. The minimum atomic E-state index is -0.365. The second kappa shape index (κ2) is 7.97. The summed E-state index contributed by atoms with van der Waals surface area (Å²) in [6.45, 7) is 7.79. The number of ether oxygens (including phenoxy) is 2. The van der Waals surface area contributed by atoms with E-state index in [9.17, 15) is 9.59 Å². The molecule has 0 fully saturated rings. The van der Waals surface area contributed by atoms with Crippen LogP contribution in [0.15, 0.2) is 30.3 Å². The zero-order valence-electron chi connectivity index (χ0n) is 14.2. The Bertz CT molecular complexity index is 719. The molecule has 24 heavy (non-hydrogen) atoms. The molecule has 1 aromatic heterocycles. The molecular weight excluding hydrogens is 326 g/mol. The lowest BCUT2D eigenvalue weighted by atomic mass is 10.2. The van der Waals surface area contributed by atoms with E-state index in [0.29, 0.717) is 22.0 Å². The molecule has 0 spiro atoms. The van der Waals surface area contributed by atoms with Crippen molar-refractivity contribution in [1.82, 2.24) is 0 Å². The Labute approximate surface area is 145 Å². The van der Waals surface area contributed by atoms with Gasteiger partial charge >= 0.3 is 5.97 Å². The number of hydrogen-bond donors (Lipinski definition) is 1. The van der Waals surface area contributed by atoms with Crippen molar-refractivity contribution in [1.29, 1.82) is 0 Å². The first kappa shape index (κ1) is 18.0. The van der Waals surface area contributed by atoms with Crippen LogP contribution in [0.2, 0.25) is 0 Å². The average Bonchev–Trinajstić information content (AvgIpc) is 2.88. The fraction of sp³-hybridized carbons (Fsp3) is 0.333. The lowest BCUT2D eigenvalue weighted by Crippen LogP contribution is -2.11. The summed E-state index contributed by atoms with van der Waals surface area (Å²) in [5, 5.41) is 3.42. The van der Waals surface area contributed by atoms with Crippen LogP contribution in [0.3, 0.4) is 0 Å². The van der Waals surface area contributed by atoms with Crippen LogP contribution in [0.25, 0.3) is 0 Å². The molecule has 0 radical (unpaired) electrons. The van der Waals surface area contributed by atoms with Gasteiger partial charge in [-0.05, 0) is 63.6 Å². The first-order valence-electron chi connectivity index (χ1n) is 7.76. The molecule has 0 bridgehead atoms. The van der Waals surface area contributed by atoms with E-state index in [1.54, 1.807) is 37.3 Å². The van der Waals surface area contributed by atoms with Crippen LogP contribution < -0.4 is 10.1 Å². The average molecular weight is 347 g/mol. The van der Waals surface area contributed by atoms with E-state index in [0.717, 1.165) is 11.3 Å². The van der Waals surface area contributed by atoms with Crippen LogP contribution in [0.4, 0.5) is 5.00 Å². The number of nitrogens with one attached hydrogen (secondary N) is 1. The van der Waals surface area contributed by atoms with Gasteiger partial charge < -0.3 is 14.8 Å². The van der Waals surface area contributed by atoms with Crippen molar-refractivity contribution in [3.8, 4) is 5.75 Å². The van der Waals surface area contributed by atoms with E-state index >= 15 is 0 Å². The Morgan fingerprint density at radius 1 is 1.21 bits per heavy atom. The van der Waals surface area contributed by atoms with Crippen molar-refractivity contribution in [2.75, 3.05) is 11.9 Å². The zero-order valence-corrected chi connectivity index (χ0v) is 15.0. The summed E-state index contributed by atoms with van der Waals surface area (Å²) in [6.07, 6.45) is 0.0834. The summed E-state index contributed by atoms with van der Waals surface area (Å²) in [6, 6.07) is 8.71. The topological polar surface area (TPSA) is 64.6 Å². The van der Waals surface area contributed by atoms with E-state index in [1.807, 2.05) is 20.8 Å². The summed E-state index contributed by atoms with van der Waals surface area (Å²) in [4.78, 5) is 24.6. The first-order valence-corrected chi connectivity index (χ1v) is 8.58. The maximum atomic E-state index is 12.3. The molecule has 2 rings (SSSR count). The number of esters is 1. The standard InChI is InChI=1S/C18H21NO4S/c1-5-22-18(21)16-12(4)10-15(24-16)19-17(20)13-6-8-14(9-7-13)23-11(2)3/h6-11H,5H2,1-4H3,(H,19,20). The Hall–Kier alpha value is -2.34. The number of aryl methyl sites for hydroxylation is 1. The summed E-state index contributed by atoms with van der Waals surface area (Å²) >= 11 is 1.21. The van der Waals surface area contributed by atoms with Gasteiger partial charge in [0.2, 0.25) is 0 Å². The highest BCUT2D eigenvalue weighted by molar-refractivity contribution is 7.18. The lowest BCUT2D eigenvalue weighted by molar-refractivity contribution is 0.0531. The van der Waals surface area contributed by atoms with Gasteiger partial charge in [0.05, 0.1) is 17.7 Å². The molecule has 5 nitrogen and oxygen atoms in total. The molecule has 0 aliphatic rings. The second-order valence-corrected chi connectivity index (χ2v) is 6.54. The van der Waals surface area contributed by atoms with Crippen molar-refractivity contribution >= 4 is 28.2 Å². The molecule has 1 N–H and O–H groups in total. The minimum absolute atomic E-state index is 0.0834. The van der Waals surface area contributed by atoms with Crippen LogP contribution in [0, 0.1) is 6.92 Å². The molecule has 128 valence electrons. The number of benzene rings is 1. The highest BCUT2D eigenvalue weighted by Gasteiger charge is 2.16. The molecule has 1 heterocycles. The van der Waals surface area contributed by atoms with Gasteiger partial charge in [-0.25, -0.2) is 4.79 Å². The van der Waals surface area contributed by atoms with E-state index in [1.165, 1.54) is 11.3 Å². The van der Waals surface area contributed by atoms with E-state index in [2.05, 4.69) is 5.32 Å². The van der Waals surface area contributed by atoms with Crippen LogP contribution in [-0.4, -0.2) is 24.6 Å². The van der Waals surface area contributed by atoms with Crippen LogP contribution >= 0.6 is 11.3 Å². The summed E-state index contributed by atoms with van der Waals surface area (Å²) in [7, 11) is 0. The van der Waals surface area contributed by atoms with Crippen LogP contribution in [0.1, 0.15) is 46.4 Å². The summed E-state index contributed by atoms with van der Waals surface area (Å²) in [5.41, 5.74) is 1.31. The van der Waals surface area contributed by atoms with E-state index in [4.69, 9.17) is 9.47 Å². The van der Waals surface area contributed by atoms with Gasteiger partial charge in [0.15, 0.2) is 0 Å². The third-order valence-electron chi connectivity index (χ3n) is 3.10. The Kier molecular flexibility index (Phi) is 5.98. The number of rotatable bonds is 6. The van der Waals surface area contributed by atoms with Crippen LogP contribution in [0.5, 0.6) is 5.75 Å². The monoisotopic (exact) mass is 347 g/mol. The maximum absolute atomic E-state index is 12.3. The summed E-state index contributed by atoms with van der Waals surface area (Å²) < 4.78 is 10.6. The fourth-order valence-electron chi connectivity index (χ4n) is 2.08. The molecule has 0 saturated carbocycles. The number of amides is 1. The zero-order chi connectivity index (χ0) is 17.7. The number of hydrogen-bond acceptors (Lipinski definition) is 5. The SMILES string of the molecule is CCOC(=O)c1sc(NC(=O)c2ccc(OC(C)C)cc2)cc1C. The van der Waals surface area contributed by atoms with Crippen molar-refractivity contribution < 1.29 is 19.1 Å². The van der Waals surface area contributed by atoms with Gasteiger partial charge in [-0.15, -0.1) is 11.3 Å². The molecule has 0 atom stereocenters. The maximum Gasteiger partial charge on any atom is 0.348 e. The van der Waals surface area contributed by atoms with Crippen LogP contribution in [-0.2, 0) is 4.74 Å². The van der Waals surface area contributed by atoms with Gasteiger partial charge in [-0.3, -0.25) is 4.79 Å². The Balaban J connectivity index is 2.07. The highest BCUT2D eigenvalue weighted by atomic mass is 32.1. The Morgan fingerprint density at radius 2 is 1.88 bits per heavy atom. The predicted octanol–water partition coefficient (Wildman–Crippen LogP) is 4.27. The predicted molar refractivity (Wildman–Crippen MR) is 95.2 cm³/mol. The van der Waals surface area contributed by atoms with Gasteiger partial charge in [-0.1, -0.05) is 0 Å². The molecule has 1 amide bonds. The van der Waals surface area contributed by atoms with Crippen molar-refractivity contribution in [3.63, 3.8) is 0 Å². The number of carbonyl (C=O) groups excluding carboxylic acids is 2. The largest absolute Gasteiger partial charge is 0.491 e. The van der Waals surface area contributed by atoms with Crippen molar-refractivity contribution in [3.05, 3.63) is 46.3 Å². The minimum Gasteiger partial charge on any atom is -0.491 e. The van der Waals surface area contributed by atoms with Gasteiger partial charge in [0, 0.05) is 5.56 Å². The molecule has 6 heteroatoms. The quantitative estimate of drug-likeness (QED) is 0.793.